The van der Waals surface area contributed by atoms with Crippen LogP contribution in [0.2, 0.25) is 5.02 Å². The Morgan fingerprint density at radius 1 is 1.40 bits per heavy atom. The molecule has 4 nitrogen and oxygen atoms in total. The number of ether oxygens (including phenoxy) is 1. The molecule has 0 aliphatic rings. The van der Waals surface area contributed by atoms with E-state index in [2.05, 4.69) is 5.32 Å². The Morgan fingerprint density at radius 2 is 2.10 bits per heavy atom. The van der Waals surface area contributed by atoms with Crippen LogP contribution in [-0.4, -0.2) is 41.6 Å². The third kappa shape index (κ3) is 6.57. The van der Waals surface area contributed by atoms with Gasteiger partial charge >= 0.3 is 0 Å². The molecule has 0 fully saturated rings. The minimum atomic E-state index is -0.738. The fourth-order valence-corrected chi connectivity index (χ4v) is 2.13. The average Bonchev–Trinajstić information content (AvgIpc) is 2.37. The summed E-state index contributed by atoms with van der Waals surface area (Å²) < 4.78 is 5.44. The highest BCUT2D eigenvalue weighted by atomic mass is 35.5. The van der Waals surface area contributed by atoms with Gasteiger partial charge in [0, 0.05) is 13.1 Å². The van der Waals surface area contributed by atoms with Gasteiger partial charge in [-0.1, -0.05) is 37.1 Å². The van der Waals surface area contributed by atoms with E-state index in [1.807, 2.05) is 19.1 Å². The predicted molar refractivity (Wildman–Crippen MR) is 81.4 cm³/mol. The zero-order valence-corrected chi connectivity index (χ0v) is 12.9. The van der Waals surface area contributed by atoms with E-state index < -0.39 is 11.7 Å². The van der Waals surface area contributed by atoms with E-state index in [1.54, 1.807) is 19.1 Å². The number of benzene rings is 1. The minimum Gasteiger partial charge on any atom is -0.489 e. The first-order chi connectivity index (χ1) is 9.44. The van der Waals surface area contributed by atoms with Crippen LogP contribution in [-0.2, 0) is 0 Å². The summed E-state index contributed by atoms with van der Waals surface area (Å²) in [6.45, 7) is 4.79. The lowest BCUT2D eigenvalue weighted by atomic mass is 10.0. The summed E-state index contributed by atoms with van der Waals surface area (Å²) in [5.74, 6) is 0.561. The summed E-state index contributed by atoms with van der Waals surface area (Å²) in [5, 5.41) is 23.4. The number of hydrogen-bond acceptors (Lipinski definition) is 4. The lowest BCUT2D eigenvalue weighted by Gasteiger charge is -2.24. The lowest BCUT2D eigenvalue weighted by molar-refractivity contribution is 0.0427. The number of nitrogens with one attached hydrogen (secondary N) is 1. The predicted octanol–water partition coefficient (Wildman–Crippen LogP) is 2.22. The highest BCUT2D eigenvalue weighted by Gasteiger charge is 2.18. The van der Waals surface area contributed by atoms with Crippen molar-refractivity contribution in [1.29, 1.82) is 0 Å². The third-order valence-electron chi connectivity index (χ3n) is 2.94. The van der Waals surface area contributed by atoms with Gasteiger partial charge in [0.1, 0.15) is 18.5 Å². The van der Waals surface area contributed by atoms with Crippen LogP contribution in [0.25, 0.3) is 0 Å². The smallest absolute Gasteiger partial charge is 0.138 e. The van der Waals surface area contributed by atoms with Crippen LogP contribution in [0.3, 0.4) is 0 Å². The van der Waals surface area contributed by atoms with Crippen molar-refractivity contribution in [3.63, 3.8) is 0 Å². The Bertz CT molecular complexity index is 398. The third-order valence-corrected chi connectivity index (χ3v) is 3.25. The van der Waals surface area contributed by atoms with Gasteiger partial charge in [-0.3, -0.25) is 0 Å². The van der Waals surface area contributed by atoms with Crippen LogP contribution in [0.4, 0.5) is 0 Å². The van der Waals surface area contributed by atoms with E-state index in [-0.39, 0.29) is 6.61 Å². The standard InChI is InChI=1S/C15H24ClNO3/c1-3-8-15(2,19)11-17-9-12(18)10-20-14-7-5-4-6-13(14)16/h4-7,12,17-19H,3,8-11H2,1-2H3. The van der Waals surface area contributed by atoms with Crippen LogP contribution < -0.4 is 10.1 Å². The van der Waals surface area contributed by atoms with Crippen LogP contribution in [0.1, 0.15) is 26.7 Å². The topological polar surface area (TPSA) is 61.7 Å². The Morgan fingerprint density at radius 3 is 2.75 bits per heavy atom. The van der Waals surface area contributed by atoms with Crippen LogP contribution >= 0.6 is 11.6 Å². The van der Waals surface area contributed by atoms with Gasteiger partial charge in [-0.25, -0.2) is 0 Å². The molecule has 5 heteroatoms. The van der Waals surface area contributed by atoms with Crippen molar-refractivity contribution >= 4 is 11.6 Å². The molecule has 114 valence electrons. The fourth-order valence-electron chi connectivity index (χ4n) is 1.94. The second-order valence-corrected chi connectivity index (χ2v) is 5.68. The Hall–Kier alpha value is -0.810. The van der Waals surface area contributed by atoms with Crippen LogP contribution in [0.5, 0.6) is 5.75 Å². The maximum Gasteiger partial charge on any atom is 0.138 e. The maximum absolute atomic E-state index is 9.98. The summed E-state index contributed by atoms with van der Waals surface area (Å²) in [4.78, 5) is 0. The lowest BCUT2D eigenvalue weighted by Crippen LogP contribution is -2.41. The molecule has 0 heterocycles. The number of aliphatic hydroxyl groups excluding tert-OH is 1. The van der Waals surface area contributed by atoms with Crippen LogP contribution in [0, 0.1) is 0 Å². The molecule has 0 radical (unpaired) electrons. The van der Waals surface area contributed by atoms with Gasteiger partial charge in [0.2, 0.25) is 0 Å². The fraction of sp³-hybridized carbons (Fsp3) is 0.600. The Labute approximate surface area is 125 Å². The number of rotatable bonds is 9. The monoisotopic (exact) mass is 301 g/mol. The van der Waals surface area contributed by atoms with E-state index in [0.29, 0.717) is 23.9 Å². The van der Waals surface area contributed by atoms with Crippen molar-refractivity contribution in [2.24, 2.45) is 0 Å². The molecule has 2 atom stereocenters. The molecule has 0 aromatic heterocycles. The quantitative estimate of drug-likeness (QED) is 0.654. The molecule has 0 aliphatic carbocycles. The molecule has 0 aliphatic heterocycles. The summed E-state index contributed by atoms with van der Waals surface area (Å²) in [7, 11) is 0. The zero-order chi connectivity index (χ0) is 15.0. The maximum atomic E-state index is 9.98. The summed E-state index contributed by atoms with van der Waals surface area (Å²) in [6.07, 6.45) is 1.00. The van der Waals surface area contributed by atoms with Gasteiger partial charge in [0.15, 0.2) is 0 Å². The zero-order valence-electron chi connectivity index (χ0n) is 12.1. The first-order valence-corrected chi connectivity index (χ1v) is 7.31. The van der Waals surface area contributed by atoms with E-state index in [4.69, 9.17) is 16.3 Å². The largest absolute Gasteiger partial charge is 0.489 e. The summed E-state index contributed by atoms with van der Waals surface area (Å²) >= 11 is 5.95. The van der Waals surface area contributed by atoms with Gasteiger partial charge < -0.3 is 20.3 Å². The number of aliphatic hydroxyl groups is 2. The molecule has 0 spiro atoms. The summed E-state index contributed by atoms with van der Waals surface area (Å²) in [6, 6.07) is 7.15. The number of hydrogen-bond donors (Lipinski definition) is 3. The van der Waals surface area contributed by atoms with Crippen molar-refractivity contribution in [3.8, 4) is 5.75 Å². The molecule has 1 aromatic carbocycles. The molecule has 1 aromatic rings. The highest BCUT2D eigenvalue weighted by molar-refractivity contribution is 6.32. The average molecular weight is 302 g/mol. The summed E-state index contributed by atoms with van der Waals surface area (Å²) in [5.41, 5.74) is -0.738. The molecule has 0 saturated heterocycles. The molecule has 0 amide bonds. The highest BCUT2D eigenvalue weighted by Crippen LogP contribution is 2.23. The minimum absolute atomic E-state index is 0.159. The second-order valence-electron chi connectivity index (χ2n) is 5.27. The normalized spacial score (nSPS) is 15.7. The number of para-hydroxylation sites is 1. The molecule has 0 saturated carbocycles. The van der Waals surface area contributed by atoms with Crippen LogP contribution in [0.15, 0.2) is 24.3 Å². The van der Waals surface area contributed by atoms with E-state index in [9.17, 15) is 10.2 Å². The van der Waals surface area contributed by atoms with Crippen molar-refractivity contribution in [2.45, 2.75) is 38.4 Å². The first-order valence-electron chi connectivity index (χ1n) is 6.93. The second kappa shape index (κ2) is 8.47. The molecular formula is C15H24ClNO3. The van der Waals surface area contributed by atoms with E-state index >= 15 is 0 Å². The Balaban J connectivity index is 2.24. The van der Waals surface area contributed by atoms with E-state index in [0.717, 1.165) is 12.8 Å². The molecular weight excluding hydrogens is 278 g/mol. The molecule has 20 heavy (non-hydrogen) atoms. The van der Waals surface area contributed by atoms with Gasteiger partial charge in [0.05, 0.1) is 10.6 Å². The van der Waals surface area contributed by atoms with Gasteiger partial charge in [-0.05, 0) is 25.5 Å². The first kappa shape index (κ1) is 17.2. The van der Waals surface area contributed by atoms with E-state index in [1.165, 1.54) is 0 Å². The van der Waals surface area contributed by atoms with Crippen molar-refractivity contribution in [1.82, 2.24) is 5.32 Å². The molecule has 1 rings (SSSR count). The van der Waals surface area contributed by atoms with Gasteiger partial charge in [0.25, 0.3) is 0 Å². The molecule has 3 N–H and O–H groups in total. The SMILES string of the molecule is CCCC(C)(O)CNCC(O)COc1ccccc1Cl. The van der Waals surface area contributed by atoms with Crippen molar-refractivity contribution in [3.05, 3.63) is 29.3 Å². The molecule has 0 bridgehead atoms. The molecule has 2 unspecified atom stereocenters. The Kier molecular flexibility index (Phi) is 7.30. The van der Waals surface area contributed by atoms with Gasteiger partial charge in [-0.2, -0.15) is 0 Å². The van der Waals surface area contributed by atoms with Gasteiger partial charge in [-0.15, -0.1) is 0 Å². The van der Waals surface area contributed by atoms with Crippen molar-refractivity contribution < 1.29 is 14.9 Å². The van der Waals surface area contributed by atoms with Crippen molar-refractivity contribution in [2.75, 3.05) is 19.7 Å². The number of halogens is 1.